The van der Waals surface area contributed by atoms with Gasteiger partial charge in [0.2, 0.25) is 5.91 Å². The van der Waals surface area contributed by atoms with E-state index in [1.165, 1.54) is 0 Å². The van der Waals surface area contributed by atoms with Crippen LogP contribution in [-0.4, -0.2) is 65.0 Å². The summed E-state index contributed by atoms with van der Waals surface area (Å²) >= 11 is 0. The molecule has 30 heavy (non-hydrogen) atoms. The maximum Gasteiger partial charge on any atom is 0.413 e. The molecule has 0 aliphatic carbocycles. The number of nitrogens with zero attached hydrogens (tertiary/aromatic N) is 3. The number of benzene rings is 1. The van der Waals surface area contributed by atoms with Crippen molar-refractivity contribution in [2.75, 3.05) is 26.3 Å². The Morgan fingerprint density at radius 3 is 2.30 bits per heavy atom. The summed E-state index contributed by atoms with van der Waals surface area (Å²) < 4.78 is 9.68. The first kappa shape index (κ1) is 22.7. The molecule has 0 atom stereocenters. The number of hydrogen-bond donors (Lipinski definition) is 1. The minimum absolute atomic E-state index is 0.116. The predicted octanol–water partition coefficient (Wildman–Crippen LogP) is 1.52. The molecule has 10 nitrogen and oxygen atoms in total. The summed E-state index contributed by atoms with van der Waals surface area (Å²) in [6.07, 6.45) is -0.887. The van der Waals surface area contributed by atoms with Gasteiger partial charge < -0.3 is 14.4 Å². The molecule has 0 fully saturated rings. The molecule has 3 amide bonds. The van der Waals surface area contributed by atoms with Crippen LogP contribution in [0, 0.1) is 13.8 Å². The Morgan fingerprint density at radius 1 is 1.00 bits per heavy atom. The fraction of sp³-hybridized carbons (Fsp3) is 0.400. The molecule has 0 saturated heterocycles. The van der Waals surface area contributed by atoms with E-state index in [-0.39, 0.29) is 25.3 Å². The van der Waals surface area contributed by atoms with E-state index in [4.69, 9.17) is 4.74 Å². The molecule has 1 N–H and O–H groups in total. The lowest BCUT2D eigenvalue weighted by Crippen LogP contribution is -2.44. The molecule has 160 valence electrons. The summed E-state index contributed by atoms with van der Waals surface area (Å²) in [5.74, 6) is -1.97. The van der Waals surface area contributed by atoms with Gasteiger partial charge in [-0.1, -0.05) is 0 Å². The second-order valence-electron chi connectivity index (χ2n) is 6.35. The Morgan fingerprint density at radius 2 is 1.67 bits per heavy atom. The third kappa shape index (κ3) is 5.97. The number of alkyl carbamates (subject to hydrolysis) is 1. The van der Waals surface area contributed by atoms with E-state index < -0.39 is 30.5 Å². The predicted molar refractivity (Wildman–Crippen MR) is 107 cm³/mol. The highest BCUT2D eigenvalue weighted by Gasteiger charge is 2.19. The van der Waals surface area contributed by atoms with Gasteiger partial charge in [-0.25, -0.2) is 19.6 Å². The second kappa shape index (κ2) is 10.3. The summed E-state index contributed by atoms with van der Waals surface area (Å²) in [6.45, 7) is 6.33. The minimum atomic E-state index is -0.887. The van der Waals surface area contributed by atoms with E-state index in [0.717, 1.165) is 16.3 Å². The van der Waals surface area contributed by atoms with Gasteiger partial charge in [0.25, 0.3) is 5.91 Å². The normalized spacial score (nSPS) is 10.4. The summed E-state index contributed by atoms with van der Waals surface area (Å²) in [5, 5.41) is 2.00. The number of imide groups is 1. The summed E-state index contributed by atoms with van der Waals surface area (Å²) in [4.78, 5) is 57.6. The zero-order valence-corrected chi connectivity index (χ0v) is 17.4. The molecule has 10 heteroatoms. The molecule has 0 saturated carbocycles. The Hall–Kier alpha value is -3.56. The first-order chi connectivity index (χ1) is 14.2. The van der Waals surface area contributed by atoms with Crippen LogP contribution in [0.4, 0.5) is 4.79 Å². The van der Waals surface area contributed by atoms with E-state index in [1.807, 2.05) is 19.2 Å². The maximum absolute atomic E-state index is 12.3. The van der Waals surface area contributed by atoms with Crippen molar-refractivity contribution in [1.82, 2.24) is 20.2 Å². The van der Waals surface area contributed by atoms with E-state index in [2.05, 4.69) is 14.7 Å². The quantitative estimate of drug-likeness (QED) is 0.673. The highest BCUT2D eigenvalue weighted by molar-refractivity contribution is 5.96. The molecule has 1 aromatic carbocycles. The third-order valence-corrected chi connectivity index (χ3v) is 4.22. The van der Waals surface area contributed by atoms with Crippen molar-refractivity contribution >= 4 is 34.9 Å². The van der Waals surface area contributed by atoms with Crippen LogP contribution in [0.2, 0.25) is 0 Å². The van der Waals surface area contributed by atoms with Gasteiger partial charge in [-0.05, 0) is 45.9 Å². The lowest BCUT2D eigenvalue weighted by Gasteiger charge is -2.19. The van der Waals surface area contributed by atoms with Gasteiger partial charge in [0.15, 0.2) is 6.61 Å². The molecular weight excluding hydrogens is 392 g/mol. The van der Waals surface area contributed by atoms with Crippen molar-refractivity contribution in [3.63, 3.8) is 0 Å². The lowest BCUT2D eigenvalue weighted by atomic mass is 10.2. The van der Waals surface area contributed by atoms with Crippen LogP contribution in [0.3, 0.4) is 0 Å². The molecule has 0 radical (unpaired) electrons. The molecule has 0 spiro atoms. The first-order valence-corrected chi connectivity index (χ1v) is 9.41. The second-order valence-corrected chi connectivity index (χ2v) is 6.35. The van der Waals surface area contributed by atoms with E-state index >= 15 is 0 Å². The number of nitrogens with one attached hydrogen (secondary N) is 1. The standard InChI is InChI=1S/C20H24N4O6/c1-5-24(10-17(25)23-20(28)29-6-2)18(26)11-30-19(27)14-7-8-15-16(9-14)22-13(4)12(3)21-15/h7-9H,5-6,10-11H2,1-4H3,(H,23,25,28). The Kier molecular flexibility index (Phi) is 7.79. The molecule has 1 aromatic heterocycles. The summed E-state index contributed by atoms with van der Waals surface area (Å²) in [7, 11) is 0. The largest absolute Gasteiger partial charge is 0.452 e. The number of aryl methyl sites for hydroxylation is 2. The zero-order chi connectivity index (χ0) is 22.3. The number of aromatic nitrogens is 2. The average Bonchev–Trinajstić information content (AvgIpc) is 2.70. The number of rotatable bonds is 7. The fourth-order valence-electron chi connectivity index (χ4n) is 2.53. The third-order valence-electron chi connectivity index (χ3n) is 4.22. The van der Waals surface area contributed by atoms with Crippen LogP contribution in [0.1, 0.15) is 35.6 Å². The molecule has 2 rings (SSSR count). The zero-order valence-electron chi connectivity index (χ0n) is 17.4. The van der Waals surface area contributed by atoms with E-state index in [1.54, 1.807) is 32.0 Å². The van der Waals surface area contributed by atoms with Crippen molar-refractivity contribution in [3.8, 4) is 0 Å². The maximum atomic E-state index is 12.3. The lowest BCUT2D eigenvalue weighted by molar-refractivity contribution is -0.138. The van der Waals surface area contributed by atoms with Crippen molar-refractivity contribution < 1.29 is 28.7 Å². The number of carbonyl (C=O) groups is 4. The number of carbonyl (C=O) groups excluding carboxylic acids is 4. The van der Waals surface area contributed by atoms with Gasteiger partial charge >= 0.3 is 12.1 Å². The van der Waals surface area contributed by atoms with Crippen LogP contribution in [-0.2, 0) is 19.1 Å². The van der Waals surface area contributed by atoms with Crippen molar-refractivity contribution in [2.45, 2.75) is 27.7 Å². The Bertz CT molecular complexity index is 975. The van der Waals surface area contributed by atoms with Crippen molar-refractivity contribution in [3.05, 3.63) is 35.2 Å². The number of hydrogen-bond acceptors (Lipinski definition) is 8. The number of likely N-dealkylation sites (N-methyl/N-ethyl adjacent to an activating group) is 1. The van der Waals surface area contributed by atoms with Crippen LogP contribution >= 0.6 is 0 Å². The molecular formula is C20H24N4O6. The van der Waals surface area contributed by atoms with Crippen LogP contribution in [0.5, 0.6) is 0 Å². The minimum Gasteiger partial charge on any atom is -0.452 e. The Labute approximate surface area is 173 Å². The van der Waals surface area contributed by atoms with E-state index in [0.29, 0.717) is 11.0 Å². The number of fused-ring (bicyclic) bond motifs is 1. The van der Waals surface area contributed by atoms with Gasteiger partial charge in [-0.15, -0.1) is 0 Å². The first-order valence-electron chi connectivity index (χ1n) is 9.41. The molecule has 0 unspecified atom stereocenters. The number of ether oxygens (including phenoxy) is 2. The average molecular weight is 416 g/mol. The Balaban J connectivity index is 1.96. The summed E-state index contributed by atoms with van der Waals surface area (Å²) in [6, 6.07) is 4.75. The fourth-order valence-corrected chi connectivity index (χ4v) is 2.53. The van der Waals surface area contributed by atoms with Crippen molar-refractivity contribution in [2.24, 2.45) is 0 Å². The van der Waals surface area contributed by atoms with E-state index in [9.17, 15) is 19.2 Å². The smallest absolute Gasteiger partial charge is 0.413 e. The van der Waals surface area contributed by atoms with Gasteiger partial charge in [-0.2, -0.15) is 0 Å². The molecule has 2 aromatic rings. The van der Waals surface area contributed by atoms with Crippen LogP contribution in [0.15, 0.2) is 18.2 Å². The highest BCUT2D eigenvalue weighted by Crippen LogP contribution is 2.15. The molecule has 1 heterocycles. The SMILES string of the molecule is CCOC(=O)NC(=O)CN(CC)C(=O)COC(=O)c1ccc2nc(C)c(C)nc2c1. The van der Waals surface area contributed by atoms with Gasteiger partial charge in [-0.3, -0.25) is 14.9 Å². The molecule has 0 aliphatic rings. The van der Waals surface area contributed by atoms with Crippen LogP contribution < -0.4 is 5.32 Å². The number of esters is 1. The molecule has 0 aliphatic heterocycles. The number of amides is 3. The van der Waals surface area contributed by atoms with Gasteiger partial charge in [0, 0.05) is 6.54 Å². The monoisotopic (exact) mass is 416 g/mol. The van der Waals surface area contributed by atoms with Crippen molar-refractivity contribution in [1.29, 1.82) is 0 Å². The highest BCUT2D eigenvalue weighted by atomic mass is 16.5. The summed E-state index contributed by atoms with van der Waals surface area (Å²) in [5.41, 5.74) is 2.98. The topological polar surface area (TPSA) is 128 Å². The van der Waals surface area contributed by atoms with Gasteiger partial charge in [0.1, 0.15) is 6.54 Å². The van der Waals surface area contributed by atoms with Gasteiger partial charge in [0.05, 0.1) is 34.6 Å². The van der Waals surface area contributed by atoms with Crippen LogP contribution in [0.25, 0.3) is 11.0 Å². The molecule has 0 bridgehead atoms.